The number of halogens is 1. The molecule has 2 N–H and O–H groups in total. The summed E-state index contributed by atoms with van der Waals surface area (Å²) in [5.74, 6) is -0.158. The molecule has 1 amide bonds. The number of amides is 1. The second-order valence-corrected chi connectivity index (χ2v) is 4.16. The molecule has 0 aromatic carbocycles. The number of rotatable bonds is 5. The Morgan fingerprint density at radius 3 is 3.00 bits per heavy atom. The summed E-state index contributed by atoms with van der Waals surface area (Å²) in [4.78, 5) is 11.6. The molecule has 1 rings (SSSR count). The van der Waals surface area contributed by atoms with Gasteiger partial charge in [0.25, 0.3) is 5.91 Å². The van der Waals surface area contributed by atoms with Gasteiger partial charge in [0.15, 0.2) is 4.67 Å². The van der Waals surface area contributed by atoms with Crippen molar-refractivity contribution < 1.29 is 14.3 Å². The molecule has 4 nitrogen and oxygen atoms in total. The predicted molar refractivity (Wildman–Crippen MR) is 59.7 cm³/mol. The number of nitrogens with one attached hydrogen (secondary N) is 1. The van der Waals surface area contributed by atoms with Crippen LogP contribution in [0.1, 0.15) is 30.1 Å². The number of hydrogen-bond donors (Lipinski definition) is 2. The molecule has 1 aromatic heterocycles. The molecule has 0 saturated carbocycles. The fourth-order valence-corrected chi connectivity index (χ4v) is 1.55. The van der Waals surface area contributed by atoms with Crippen LogP contribution in [0.2, 0.25) is 0 Å². The summed E-state index contributed by atoms with van der Waals surface area (Å²) in [5.41, 5.74) is 0.498. The number of aliphatic hydroxyl groups is 1. The van der Waals surface area contributed by atoms with Crippen LogP contribution in [0, 0.1) is 0 Å². The molecule has 1 unspecified atom stereocenters. The van der Waals surface area contributed by atoms with E-state index in [1.807, 2.05) is 6.92 Å². The van der Waals surface area contributed by atoms with Crippen LogP contribution in [0.4, 0.5) is 0 Å². The summed E-state index contributed by atoms with van der Waals surface area (Å²) < 4.78 is 5.50. The lowest BCUT2D eigenvalue weighted by atomic mass is 10.2. The minimum absolute atomic E-state index is 0.0540. The van der Waals surface area contributed by atoms with Gasteiger partial charge in [-0.2, -0.15) is 0 Å². The van der Waals surface area contributed by atoms with E-state index < -0.39 is 0 Å². The van der Waals surface area contributed by atoms with Crippen molar-refractivity contribution >= 4 is 21.8 Å². The SMILES string of the molecule is CC(CCCO)NC(=O)c1coc(Br)c1. The zero-order valence-corrected chi connectivity index (χ0v) is 10.1. The van der Waals surface area contributed by atoms with E-state index in [0.29, 0.717) is 16.7 Å². The van der Waals surface area contributed by atoms with Crippen LogP contribution in [0.25, 0.3) is 0 Å². The van der Waals surface area contributed by atoms with Crippen LogP contribution in [0.15, 0.2) is 21.4 Å². The molecule has 0 bridgehead atoms. The number of carbonyl (C=O) groups excluding carboxylic acids is 1. The van der Waals surface area contributed by atoms with Crippen molar-refractivity contribution in [2.24, 2.45) is 0 Å². The van der Waals surface area contributed by atoms with Gasteiger partial charge in [-0.05, 0) is 35.7 Å². The minimum Gasteiger partial charge on any atom is -0.457 e. The van der Waals surface area contributed by atoms with Gasteiger partial charge in [0.2, 0.25) is 0 Å². The van der Waals surface area contributed by atoms with E-state index >= 15 is 0 Å². The minimum atomic E-state index is -0.158. The molecule has 0 radical (unpaired) electrons. The van der Waals surface area contributed by atoms with Crippen molar-refractivity contribution in [2.75, 3.05) is 6.61 Å². The maximum absolute atomic E-state index is 11.6. The molecule has 5 heteroatoms. The van der Waals surface area contributed by atoms with E-state index in [4.69, 9.17) is 9.52 Å². The number of hydrogen-bond acceptors (Lipinski definition) is 3. The molecular weight excluding hydrogens is 262 g/mol. The lowest BCUT2D eigenvalue weighted by molar-refractivity contribution is 0.0936. The molecule has 0 aliphatic carbocycles. The smallest absolute Gasteiger partial charge is 0.254 e. The normalized spacial score (nSPS) is 12.5. The third-order valence-corrected chi connectivity index (χ3v) is 2.42. The van der Waals surface area contributed by atoms with Crippen LogP contribution >= 0.6 is 15.9 Å². The highest BCUT2D eigenvalue weighted by atomic mass is 79.9. The molecule has 0 aliphatic heterocycles. The van der Waals surface area contributed by atoms with E-state index in [0.717, 1.165) is 6.42 Å². The summed E-state index contributed by atoms with van der Waals surface area (Å²) in [6.45, 7) is 2.06. The van der Waals surface area contributed by atoms with Gasteiger partial charge in [-0.1, -0.05) is 0 Å². The van der Waals surface area contributed by atoms with Crippen molar-refractivity contribution in [2.45, 2.75) is 25.8 Å². The Hall–Kier alpha value is -0.810. The Morgan fingerprint density at radius 1 is 1.73 bits per heavy atom. The predicted octanol–water partition coefficient (Wildman–Crippen LogP) is 1.93. The van der Waals surface area contributed by atoms with Gasteiger partial charge in [-0.3, -0.25) is 4.79 Å². The van der Waals surface area contributed by atoms with E-state index in [1.54, 1.807) is 6.07 Å². The van der Waals surface area contributed by atoms with Crippen molar-refractivity contribution in [1.82, 2.24) is 5.32 Å². The van der Waals surface area contributed by atoms with Crippen LogP contribution in [-0.2, 0) is 0 Å². The van der Waals surface area contributed by atoms with Crippen LogP contribution in [0.3, 0.4) is 0 Å². The van der Waals surface area contributed by atoms with Gasteiger partial charge in [0.05, 0.1) is 5.56 Å². The maximum atomic E-state index is 11.6. The first-order valence-corrected chi connectivity index (χ1v) is 5.58. The largest absolute Gasteiger partial charge is 0.457 e. The van der Waals surface area contributed by atoms with Crippen LogP contribution in [0.5, 0.6) is 0 Å². The molecule has 0 saturated heterocycles. The monoisotopic (exact) mass is 275 g/mol. The van der Waals surface area contributed by atoms with Crippen LogP contribution < -0.4 is 5.32 Å². The van der Waals surface area contributed by atoms with E-state index in [1.165, 1.54) is 6.26 Å². The number of carbonyl (C=O) groups is 1. The van der Waals surface area contributed by atoms with Crippen LogP contribution in [-0.4, -0.2) is 23.7 Å². The quantitative estimate of drug-likeness (QED) is 0.863. The van der Waals surface area contributed by atoms with Crippen molar-refractivity contribution in [3.05, 3.63) is 22.6 Å². The zero-order valence-electron chi connectivity index (χ0n) is 8.50. The maximum Gasteiger partial charge on any atom is 0.254 e. The lowest BCUT2D eigenvalue weighted by Crippen LogP contribution is -2.32. The van der Waals surface area contributed by atoms with Gasteiger partial charge in [-0.15, -0.1) is 0 Å². The average molecular weight is 276 g/mol. The fourth-order valence-electron chi connectivity index (χ4n) is 1.21. The van der Waals surface area contributed by atoms with E-state index in [2.05, 4.69) is 21.2 Å². The van der Waals surface area contributed by atoms with Gasteiger partial charge in [0.1, 0.15) is 6.26 Å². The van der Waals surface area contributed by atoms with Crippen molar-refractivity contribution in [3.63, 3.8) is 0 Å². The highest BCUT2D eigenvalue weighted by Gasteiger charge is 2.11. The Labute approximate surface area is 96.8 Å². The van der Waals surface area contributed by atoms with Gasteiger partial charge >= 0.3 is 0 Å². The summed E-state index contributed by atoms with van der Waals surface area (Å²) in [6, 6.07) is 1.67. The Kier molecular flexibility index (Phi) is 4.84. The summed E-state index contributed by atoms with van der Waals surface area (Å²) in [6.07, 6.45) is 2.86. The van der Waals surface area contributed by atoms with E-state index in [9.17, 15) is 4.79 Å². The molecule has 84 valence electrons. The highest BCUT2D eigenvalue weighted by molar-refractivity contribution is 9.10. The third-order valence-electron chi connectivity index (χ3n) is 2.00. The first kappa shape index (κ1) is 12.3. The fraction of sp³-hybridized carbons (Fsp3) is 0.500. The molecule has 1 aromatic rings. The number of furan rings is 1. The second kappa shape index (κ2) is 5.92. The summed E-state index contributed by atoms with van der Waals surface area (Å²) >= 11 is 3.13. The molecule has 1 heterocycles. The van der Waals surface area contributed by atoms with Crippen molar-refractivity contribution in [1.29, 1.82) is 0 Å². The topological polar surface area (TPSA) is 62.5 Å². The zero-order chi connectivity index (χ0) is 11.3. The first-order valence-electron chi connectivity index (χ1n) is 4.79. The molecular formula is C10H14BrNO3. The Morgan fingerprint density at radius 2 is 2.47 bits per heavy atom. The average Bonchev–Trinajstić information content (AvgIpc) is 2.61. The van der Waals surface area contributed by atoms with E-state index in [-0.39, 0.29) is 18.6 Å². The standard InChI is InChI=1S/C10H14BrNO3/c1-7(3-2-4-13)12-10(14)8-5-9(11)15-6-8/h5-7,13H,2-4H2,1H3,(H,12,14). The highest BCUT2D eigenvalue weighted by Crippen LogP contribution is 2.14. The third kappa shape index (κ3) is 4.05. The van der Waals surface area contributed by atoms with Gasteiger partial charge in [0, 0.05) is 18.7 Å². The molecule has 1 atom stereocenters. The molecule has 15 heavy (non-hydrogen) atoms. The van der Waals surface area contributed by atoms with Gasteiger partial charge in [-0.25, -0.2) is 0 Å². The lowest BCUT2D eigenvalue weighted by Gasteiger charge is -2.11. The number of aliphatic hydroxyl groups excluding tert-OH is 1. The summed E-state index contributed by atoms with van der Waals surface area (Å²) in [5, 5.41) is 11.4. The second-order valence-electron chi connectivity index (χ2n) is 3.38. The Balaban J connectivity index is 2.42. The van der Waals surface area contributed by atoms with Gasteiger partial charge < -0.3 is 14.8 Å². The first-order chi connectivity index (χ1) is 7.13. The Bertz CT molecular complexity index is 324. The molecule has 0 aliphatic rings. The molecule has 0 fully saturated rings. The summed E-state index contributed by atoms with van der Waals surface area (Å²) in [7, 11) is 0. The van der Waals surface area contributed by atoms with Crippen molar-refractivity contribution in [3.8, 4) is 0 Å². The molecule has 0 spiro atoms.